The number of hydrogen-bond donors (Lipinski definition) is 1. The van der Waals surface area contributed by atoms with Crippen molar-refractivity contribution >= 4 is 17.1 Å². The molecular weight excluding hydrogens is 206 g/mol. The maximum absolute atomic E-state index is 10.7. The van der Waals surface area contributed by atoms with Crippen LogP contribution in [0.3, 0.4) is 0 Å². The third-order valence-electron chi connectivity index (χ3n) is 2.36. The Labute approximate surface area is 92.8 Å². The monoisotopic (exact) mass is 219 g/mol. The van der Waals surface area contributed by atoms with Crippen LogP contribution in [0.4, 0.5) is 0 Å². The first kappa shape index (κ1) is 10.6. The summed E-state index contributed by atoms with van der Waals surface area (Å²) in [7, 11) is 0. The quantitative estimate of drug-likeness (QED) is 0.852. The van der Waals surface area contributed by atoms with Gasteiger partial charge >= 0.3 is 5.97 Å². The van der Waals surface area contributed by atoms with E-state index in [1.807, 2.05) is 30.5 Å². The average Bonchev–Trinajstić information content (AvgIpc) is 2.53. The number of carboxylic acids is 1. The predicted molar refractivity (Wildman–Crippen MR) is 59.3 cm³/mol. The molecule has 5 heteroatoms. The van der Waals surface area contributed by atoms with E-state index in [0.29, 0.717) is 11.5 Å². The van der Waals surface area contributed by atoms with Crippen LogP contribution in [0.5, 0.6) is 0 Å². The second-order valence-corrected chi connectivity index (χ2v) is 3.91. The van der Waals surface area contributed by atoms with Gasteiger partial charge in [-0.05, 0) is 26.0 Å². The molecule has 0 amide bonds. The Balaban J connectivity index is 2.63. The number of pyridine rings is 1. The Morgan fingerprint density at radius 3 is 2.94 bits per heavy atom. The maximum Gasteiger partial charge on any atom is 0.311 e. The van der Waals surface area contributed by atoms with Crippen molar-refractivity contribution in [2.75, 3.05) is 0 Å². The zero-order valence-corrected chi connectivity index (χ0v) is 9.21. The van der Waals surface area contributed by atoms with Crippen LogP contribution in [0.15, 0.2) is 18.3 Å². The molecule has 1 N–H and O–H groups in total. The van der Waals surface area contributed by atoms with Gasteiger partial charge in [-0.25, -0.2) is 9.97 Å². The highest BCUT2D eigenvalue weighted by molar-refractivity contribution is 5.75. The largest absolute Gasteiger partial charge is 0.481 e. The number of nitrogens with zero attached hydrogens (tertiary/aromatic N) is 3. The highest BCUT2D eigenvalue weighted by atomic mass is 16.4. The Morgan fingerprint density at radius 2 is 2.31 bits per heavy atom. The van der Waals surface area contributed by atoms with Crippen LogP contribution in [0.25, 0.3) is 11.2 Å². The van der Waals surface area contributed by atoms with Gasteiger partial charge in [0.05, 0.1) is 5.52 Å². The van der Waals surface area contributed by atoms with E-state index < -0.39 is 5.97 Å². The number of fused-ring (bicyclic) bond motifs is 1. The fourth-order valence-electron chi connectivity index (χ4n) is 1.81. The molecule has 2 rings (SSSR count). The lowest BCUT2D eigenvalue weighted by atomic mass is 10.3. The Bertz CT molecular complexity index is 531. The topological polar surface area (TPSA) is 68.0 Å². The van der Waals surface area contributed by atoms with Gasteiger partial charge in [-0.1, -0.05) is 0 Å². The lowest BCUT2D eigenvalue weighted by Crippen LogP contribution is -2.11. The molecule has 0 bridgehead atoms. The van der Waals surface area contributed by atoms with Gasteiger partial charge in [0.15, 0.2) is 5.65 Å². The second-order valence-electron chi connectivity index (χ2n) is 3.91. The van der Waals surface area contributed by atoms with Crippen molar-refractivity contribution in [2.24, 2.45) is 0 Å². The van der Waals surface area contributed by atoms with Gasteiger partial charge in [-0.15, -0.1) is 0 Å². The van der Waals surface area contributed by atoms with E-state index in [9.17, 15) is 4.79 Å². The summed E-state index contributed by atoms with van der Waals surface area (Å²) in [6.07, 6.45) is 1.58. The summed E-state index contributed by atoms with van der Waals surface area (Å²) in [4.78, 5) is 19.1. The zero-order chi connectivity index (χ0) is 11.7. The van der Waals surface area contributed by atoms with Crippen molar-refractivity contribution in [1.29, 1.82) is 0 Å². The first-order valence-corrected chi connectivity index (χ1v) is 5.13. The Morgan fingerprint density at radius 1 is 1.56 bits per heavy atom. The Hall–Kier alpha value is -1.91. The van der Waals surface area contributed by atoms with Crippen molar-refractivity contribution in [2.45, 2.75) is 26.3 Å². The molecule has 2 aromatic heterocycles. The molecule has 5 nitrogen and oxygen atoms in total. The van der Waals surface area contributed by atoms with Crippen molar-refractivity contribution in [3.63, 3.8) is 0 Å². The number of rotatable bonds is 3. The van der Waals surface area contributed by atoms with Crippen molar-refractivity contribution in [3.8, 4) is 0 Å². The lowest BCUT2D eigenvalue weighted by molar-refractivity contribution is -0.136. The third kappa shape index (κ3) is 1.76. The minimum atomic E-state index is -0.878. The van der Waals surface area contributed by atoms with Crippen LogP contribution in [-0.4, -0.2) is 25.6 Å². The molecule has 0 atom stereocenters. The highest BCUT2D eigenvalue weighted by Crippen LogP contribution is 2.19. The van der Waals surface area contributed by atoms with Crippen molar-refractivity contribution in [1.82, 2.24) is 14.5 Å². The van der Waals surface area contributed by atoms with E-state index in [4.69, 9.17) is 5.11 Å². The Kier molecular flexibility index (Phi) is 2.60. The first-order chi connectivity index (χ1) is 7.59. The summed E-state index contributed by atoms with van der Waals surface area (Å²) in [5.41, 5.74) is 1.49. The van der Waals surface area contributed by atoms with Gasteiger partial charge in [0.1, 0.15) is 12.2 Å². The first-order valence-electron chi connectivity index (χ1n) is 5.13. The number of imidazole rings is 1. The molecular formula is C11H13N3O2. The molecule has 2 heterocycles. The molecule has 0 aliphatic rings. The fourth-order valence-corrected chi connectivity index (χ4v) is 1.81. The minimum absolute atomic E-state index is 0.0749. The van der Waals surface area contributed by atoms with E-state index in [1.165, 1.54) is 0 Å². The minimum Gasteiger partial charge on any atom is -0.481 e. The van der Waals surface area contributed by atoms with Crippen LogP contribution < -0.4 is 0 Å². The normalized spacial score (nSPS) is 11.2. The summed E-state index contributed by atoms with van der Waals surface area (Å²) in [5, 5.41) is 8.82. The van der Waals surface area contributed by atoms with Crippen LogP contribution in [0.1, 0.15) is 25.7 Å². The van der Waals surface area contributed by atoms with Gasteiger partial charge in [0, 0.05) is 12.2 Å². The number of aromatic nitrogens is 3. The molecule has 84 valence electrons. The van der Waals surface area contributed by atoms with E-state index in [-0.39, 0.29) is 12.5 Å². The zero-order valence-electron chi connectivity index (χ0n) is 9.21. The molecule has 0 saturated heterocycles. The van der Waals surface area contributed by atoms with Gasteiger partial charge in [-0.2, -0.15) is 0 Å². The predicted octanol–water partition coefficient (Wildman–Crippen LogP) is 1.64. The summed E-state index contributed by atoms with van der Waals surface area (Å²) in [6.45, 7) is 4.00. The molecule has 0 radical (unpaired) electrons. The summed E-state index contributed by atoms with van der Waals surface area (Å²) < 4.78 is 1.91. The van der Waals surface area contributed by atoms with Crippen LogP contribution in [0, 0.1) is 0 Å². The highest BCUT2D eigenvalue weighted by Gasteiger charge is 2.15. The van der Waals surface area contributed by atoms with Crippen LogP contribution in [0.2, 0.25) is 0 Å². The van der Waals surface area contributed by atoms with Gasteiger partial charge < -0.3 is 9.67 Å². The molecule has 0 fully saturated rings. The van der Waals surface area contributed by atoms with Gasteiger partial charge in [-0.3, -0.25) is 4.79 Å². The summed E-state index contributed by atoms with van der Waals surface area (Å²) in [6, 6.07) is 3.90. The van der Waals surface area contributed by atoms with Crippen molar-refractivity contribution < 1.29 is 9.90 Å². The lowest BCUT2D eigenvalue weighted by Gasteiger charge is -2.11. The maximum atomic E-state index is 10.7. The molecule has 0 unspecified atom stereocenters. The number of aliphatic carboxylic acids is 1. The molecule has 0 saturated carbocycles. The van der Waals surface area contributed by atoms with E-state index in [0.717, 1.165) is 5.52 Å². The van der Waals surface area contributed by atoms with Gasteiger partial charge in [0.2, 0.25) is 0 Å². The van der Waals surface area contributed by atoms with Gasteiger partial charge in [0.25, 0.3) is 0 Å². The molecule has 16 heavy (non-hydrogen) atoms. The van der Waals surface area contributed by atoms with Crippen LogP contribution in [-0.2, 0) is 11.2 Å². The summed E-state index contributed by atoms with van der Waals surface area (Å²) in [5.74, 6) is -0.326. The van der Waals surface area contributed by atoms with E-state index in [1.54, 1.807) is 6.20 Å². The van der Waals surface area contributed by atoms with E-state index >= 15 is 0 Å². The average molecular weight is 219 g/mol. The van der Waals surface area contributed by atoms with Crippen molar-refractivity contribution in [3.05, 3.63) is 24.2 Å². The molecule has 0 spiro atoms. The SMILES string of the molecule is CC(C)n1c(CC(=O)O)nc2ncccc21. The van der Waals surface area contributed by atoms with E-state index in [2.05, 4.69) is 9.97 Å². The second kappa shape index (κ2) is 3.92. The molecule has 2 aromatic rings. The number of hydrogen-bond acceptors (Lipinski definition) is 3. The smallest absolute Gasteiger partial charge is 0.311 e. The standard InChI is InChI=1S/C11H13N3O2/c1-7(2)14-8-4-3-5-12-11(8)13-9(14)6-10(15)16/h3-5,7H,6H2,1-2H3,(H,15,16). The molecule has 0 aliphatic carbocycles. The molecule has 0 aliphatic heterocycles. The number of carboxylic acid groups (broad SMARTS) is 1. The molecule has 0 aromatic carbocycles. The third-order valence-corrected chi connectivity index (χ3v) is 2.36. The number of carbonyl (C=O) groups is 1. The summed E-state index contributed by atoms with van der Waals surface area (Å²) >= 11 is 0. The van der Waals surface area contributed by atoms with Crippen LogP contribution >= 0.6 is 0 Å². The fraction of sp³-hybridized carbons (Fsp3) is 0.364.